The fraction of sp³-hybridized carbons (Fsp3) is 0.417. The van der Waals surface area contributed by atoms with E-state index in [4.69, 9.17) is 10.6 Å². The zero-order valence-corrected chi connectivity index (χ0v) is 11.0. The molecule has 2 rings (SSSR count). The van der Waals surface area contributed by atoms with E-state index in [9.17, 15) is 18.0 Å². The van der Waals surface area contributed by atoms with Crippen molar-refractivity contribution in [1.82, 2.24) is 10.4 Å². The molecule has 0 radical (unpaired) electrons. The van der Waals surface area contributed by atoms with Gasteiger partial charge in [0.2, 0.25) is 0 Å². The maximum Gasteiger partial charge on any atom is 0.418 e. The average molecular weight is 304 g/mol. The maximum atomic E-state index is 12.9. The lowest BCUT2D eigenvalue weighted by molar-refractivity contribution is -0.137. The number of rotatable bonds is 3. The number of hydrogen-bond acceptors (Lipinski definition) is 5. The van der Waals surface area contributed by atoms with Crippen LogP contribution in [0.1, 0.15) is 15.9 Å². The number of ether oxygens (including phenoxy) is 1. The molecule has 1 aromatic rings. The predicted octanol–water partition coefficient (Wildman–Crippen LogP) is 0.968. The monoisotopic (exact) mass is 304 g/mol. The molecule has 0 atom stereocenters. The van der Waals surface area contributed by atoms with E-state index in [1.807, 2.05) is 5.43 Å². The molecule has 1 heterocycles. The van der Waals surface area contributed by atoms with Gasteiger partial charge in [0.1, 0.15) is 0 Å². The molecule has 0 spiro atoms. The van der Waals surface area contributed by atoms with Crippen LogP contribution < -0.4 is 16.7 Å². The smallest absolute Gasteiger partial charge is 0.379 e. The number of nitrogens with zero attached hydrogens (tertiary/aromatic N) is 1. The van der Waals surface area contributed by atoms with Crippen molar-refractivity contribution < 1.29 is 22.7 Å². The van der Waals surface area contributed by atoms with Crippen molar-refractivity contribution in [3.05, 3.63) is 29.3 Å². The number of nitrogens with one attached hydrogen (secondary N) is 2. The van der Waals surface area contributed by atoms with E-state index in [1.54, 1.807) is 5.01 Å². The van der Waals surface area contributed by atoms with Crippen molar-refractivity contribution in [2.45, 2.75) is 6.18 Å². The first-order chi connectivity index (χ1) is 9.91. The number of nitrogen functional groups attached to an aromatic ring is 1. The van der Waals surface area contributed by atoms with Gasteiger partial charge >= 0.3 is 6.18 Å². The normalized spacial score (nSPS) is 16.6. The zero-order valence-electron chi connectivity index (χ0n) is 11.0. The van der Waals surface area contributed by atoms with E-state index in [0.717, 1.165) is 12.1 Å². The van der Waals surface area contributed by atoms with Crippen LogP contribution in [0.4, 0.5) is 18.9 Å². The summed E-state index contributed by atoms with van der Waals surface area (Å²) in [6.07, 6.45) is -4.60. The summed E-state index contributed by atoms with van der Waals surface area (Å²) in [5, 5.41) is 1.61. The van der Waals surface area contributed by atoms with Gasteiger partial charge < -0.3 is 10.2 Å². The Morgan fingerprint density at radius 3 is 2.52 bits per heavy atom. The number of benzene rings is 1. The number of amides is 1. The van der Waals surface area contributed by atoms with Gasteiger partial charge in [0.15, 0.2) is 0 Å². The molecule has 1 aliphatic rings. The molecule has 0 aromatic heterocycles. The van der Waals surface area contributed by atoms with Crippen molar-refractivity contribution in [3.63, 3.8) is 0 Å². The second-order valence-electron chi connectivity index (χ2n) is 4.44. The van der Waals surface area contributed by atoms with E-state index in [-0.39, 0.29) is 11.3 Å². The summed E-state index contributed by atoms with van der Waals surface area (Å²) in [6.45, 7) is 1.90. The summed E-state index contributed by atoms with van der Waals surface area (Å²) >= 11 is 0. The Kier molecular flexibility index (Phi) is 4.66. The Morgan fingerprint density at radius 2 is 1.95 bits per heavy atom. The Labute approximate surface area is 119 Å². The second kappa shape index (κ2) is 6.29. The highest BCUT2D eigenvalue weighted by Crippen LogP contribution is 2.35. The lowest BCUT2D eigenvalue weighted by Crippen LogP contribution is -2.48. The molecule has 6 nitrogen and oxygen atoms in total. The van der Waals surface area contributed by atoms with Crippen LogP contribution in [-0.2, 0) is 10.9 Å². The van der Waals surface area contributed by atoms with Gasteiger partial charge in [0.05, 0.1) is 24.5 Å². The van der Waals surface area contributed by atoms with Gasteiger partial charge in [0, 0.05) is 18.7 Å². The first-order valence-electron chi connectivity index (χ1n) is 6.23. The highest BCUT2D eigenvalue weighted by atomic mass is 19.4. The molecular weight excluding hydrogens is 289 g/mol. The molecule has 1 fully saturated rings. The molecule has 1 aromatic carbocycles. The summed E-state index contributed by atoms with van der Waals surface area (Å²) in [5.41, 5.74) is 3.15. The topological polar surface area (TPSA) is 79.6 Å². The Hall–Kier alpha value is -1.84. The largest absolute Gasteiger partial charge is 0.418 e. The number of anilines is 1. The van der Waals surface area contributed by atoms with E-state index in [2.05, 4.69) is 5.43 Å². The fourth-order valence-electron chi connectivity index (χ4n) is 1.93. The van der Waals surface area contributed by atoms with Gasteiger partial charge in [-0.1, -0.05) is 0 Å². The third kappa shape index (κ3) is 3.84. The molecule has 0 unspecified atom stereocenters. The number of morpholine rings is 1. The van der Waals surface area contributed by atoms with Crippen LogP contribution in [0, 0.1) is 0 Å². The van der Waals surface area contributed by atoms with Gasteiger partial charge in [-0.2, -0.15) is 13.2 Å². The second-order valence-corrected chi connectivity index (χ2v) is 4.44. The van der Waals surface area contributed by atoms with Crippen molar-refractivity contribution >= 4 is 11.6 Å². The number of carbonyl (C=O) groups excluding carboxylic acids is 1. The van der Waals surface area contributed by atoms with Crippen LogP contribution >= 0.6 is 0 Å². The van der Waals surface area contributed by atoms with Gasteiger partial charge in [-0.05, 0) is 18.2 Å². The summed E-state index contributed by atoms with van der Waals surface area (Å²) in [5.74, 6) is 4.44. The highest BCUT2D eigenvalue weighted by Gasteiger charge is 2.34. The zero-order chi connectivity index (χ0) is 15.5. The molecule has 1 saturated heterocycles. The van der Waals surface area contributed by atoms with Crippen molar-refractivity contribution in [1.29, 1.82) is 0 Å². The van der Waals surface area contributed by atoms with Gasteiger partial charge in [-0.25, -0.2) is 5.01 Å². The highest BCUT2D eigenvalue weighted by molar-refractivity contribution is 5.94. The minimum absolute atomic E-state index is 0.0900. The number of hydrazine groups is 2. The molecule has 1 aliphatic heterocycles. The number of alkyl halides is 3. The van der Waals surface area contributed by atoms with Crippen molar-refractivity contribution in [3.8, 4) is 0 Å². The molecule has 4 N–H and O–H groups in total. The van der Waals surface area contributed by atoms with Crippen LogP contribution in [-0.4, -0.2) is 37.2 Å². The number of nitrogens with two attached hydrogens (primary N) is 1. The van der Waals surface area contributed by atoms with Crippen LogP contribution in [0.15, 0.2) is 18.2 Å². The SMILES string of the molecule is NNc1ccc(C(=O)NN2CCOCC2)cc1C(F)(F)F. The lowest BCUT2D eigenvalue weighted by atomic mass is 10.1. The van der Waals surface area contributed by atoms with Crippen LogP contribution in [0.2, 0.25) is 0 Å². The van der Waals surface area contributed by atoms with Gasteiger partial charge in [-0.15, -0.1) is 0 Å². The minimum atomic E-state index is -4.60. The standard InChI is InChI=1S/C12H15F3N4O2/c13-12(14,15)9-7-8(1-2-10(9)17-16)11(20)18-19-3-5-21-6-4-19/h1-2,7,17H,3-6,16H2,(H,18,20). The van der Waals surface area contributed by atoms with E-state index >= 15 is 0 Å². The number of hydrogen-bond donors (Lipinski definition) is 3. The third-order valence-electron chi connectivity index (χ3n) is 3.01. The van der Waals surface area contributed by atoms with E-state index < -0.39 is 17.6 Å². The summed E-state index contributed by atoms with van der Waals surface area (Å²) in [7, 11) is 0. The van der Waals surface area contributed by atoms with Crippen LogP contribution in [0.25, 0.3) is 0 Å². The first kappa shape index (κ1) is 15.5. The molecule has 0 bridgehead atoms. The van der Waals surface area contributed by atoms with Gasteiger partial charge in [-0.3, -0.25) is 16.1 Å². The lowest BCUT2D eigenvalue weighted by Gasteiger charge is -2.27. The van der Waals surface area contributed by atoms with Crippen molar-refractivity contribution in [2.75, 3.05) is 31.7 Å². The van der Waals surface area contributed by atoms with Crippen LogP contribution in [0.3, 0.4) is 0 Å². The van der Waals surface area contributed by atoms with Crippen molar-refractivity contribution in [2.24, 2.45) is 5.84 Å². The third-order valence-corrected chi connectivity index (χ3v) is 3.01. The summed E-state index contributed by atoms with van der Waals surface area (Å²) < 4.78 is 43.8. The molecule has 21 heavy (non-hydrogen) atoms. The van der Waals surface area contributed by atoms with Crippen LogP contribution in [0.5, 0.6) is 0 Å². The summed E-state index contributed by atoms with van der Waals surface area (Å²) in [4.78, 5) is 12.0. The molecule has 116 valence electrons. The van der Waals surface area contributed by atoms with E-state index in [0.29, 0.717) is 26.3 Å². The molecule has 0 saturated carbocycles. The number of halogens is 3. The minimum Gasteiger partial charge on any atom is -0.379 e. The Morgan fingerprint density at radius 1 is 1.29 bits per heavy atom. The molecular formula is C12H15F3N4O2. The summed E-state index contributed by atoms with van der Waals surface area (Å²) in [6, 6.07) is 3.17. The molecule has 0 aliphatic carbocycles. The Balaban J connectivity index is 2.17. The first-order valence-corrected chi connectivity index (χ1v) is 6.23. The maximum absolute atomic E-state index is 12.9. The fourth-order valence-corrected chi connectivity index (χ4v) is 1.93. The Bertz CT molecular complexity index is 516. The average Bonchev–Trinajstić information content (AvgIpc) is 2.46. The molecule has 1 amide bonds. The quantitative estimate of drug-likeness (QED) is 0.573. The van der Waals surface area contributed by atoms with E-state index in [1.165, 1.54) is 6.07 Å². The van der Waals surface area contributed by atoms with Gasteiger partial charge in [0.25, 0.3) is 5.91 Å². The predicted molar refractivity (Wildman–Crippen MR) is 69.1 cm³/mol. The molecule has 9 heteroatoms. The number of carbonyl (C=O) groups is 1.